The number of thiazole rings is 1. The molecule has 0 bridgehead atoms. The van der Waals surface area contributed by atoms with Gasteiger partial charge >= 0.3 is 0 Å². The van der Waals surface area contributed by atoms with Crippen LogP contribution < -0.4 is 10.6 Å². The van der Waals surface area contributed by atoms with Crippen molar-refractivity contribution in [1.29, 1.82) is 0 Å². The Morgan fingerprint density at radius 3 is 2.88 bits per heavy atom. The molecule has 1 aromatic heterocycles. The first-order valence-corrected chi connectivity index (χ1v) is 6.95. The van der Waals surface area contributed by atoms with E-state index in [4.69, 9.17) is 0 Å². The van der Waals surface area contributed by atoms with Gasteiger partial charge in [0.05, 0.1) is 5.01 Å². The molecular weight excluding hydrogens is 218 g/mol. The van der Waals surface area contributed by atoms with Crippen molar-refractivity contribution in [1.82, 2.24) is 15.6 Å². The Labute approximate surface area is 103 Å². The number of hydrogen-bond acceptors (Lipinski definition) is 4. The van der Waals surface area contributed by atoms with Crippen molar-refractivity contribution in [2.24, 2.45) is 0 Å². The number of nitrogens with one attached hydrogen (secondary N) is 2. The largest absolute Gasteiger partial charge is 0.316 e. The molecule has 1 heterocycles. The molecule has 2 N–H and O–H groups in total. The van der Waals surface area contributed by atoms with Crippen LogP contribution >= 0.6 is 11.3 Å². The quantitative estimate of drug-likeness (QED) is 0.683. The normalized spacial score (nSPS) is 12.9. The predicted octanol–water partition coefficient (Wildman–Crippen LogP) is 1.97. The van der Waals surface area contributed by atoms with Gasteiger partial charge in [0.15, 0.2) is 0 Å². The molecule has 1 unspecified atom stereocenters. The highest BCUT2D eigenvalue weighted by atomic mass is 32.1. The minimum absolute atomic E-state index is 0.611. The predicted molar refractivity (Wildman–Crippen MR) is 71.2 cm³/mol. The molecule has 0 aromatic carbocycles. The van der Waals surface area contributed by atoms with Crippen molar-refractivity contribution >= 4 is 11.3 Å². The van der Waals surface area contributed by atoms with E-state index in [2.05, 4.69) is 34.8 Å². The SMILES string of the molecule is CCNC(C)CCNCCc1nc(C)cs1. The summed E-state index contributed by atoms with van der Waals surface area (Å²) in [6.07, 6.45) is 2.23. The van der Waals surface area contributed by atoms with Gasteiger partial charge in [0.1, 0.15) is 0 Å². The lowest BCUT2D eigenvalue weighted by atomic mass is 10.2. The lowest BCUT2D eigenvalue weighted by molar-refractivity contribution is 0.505. The van der Waals surface area contributed by atoms with Crippen LogP contribution in [-0.2, 0) is 6.42 Å². The van der Waals surface area contributed by atoms with Gasteiger partial charge < -0.3 is 10.6 Å². The highest BCUT2D eigenvalue weighted by Gasteiger charge is 2.00. The first-order valence-electron chi connectivity index (χ1n) is 6.07. The fourth-order valence-electron chi connectivity index (χ4n) is 1.61. The van der Waals surface area contributed by atoms with Crippen LogP contribution in [0.5, 0.6) is 0 Å². The molecule has 0 saturated heterocycles. The van der Waals surface area contributed by atoms with Crippen LogP contribution in [0.25, 0.3) is 0 Å². The van der Waals surface area contributed by atoms with Gasteiger partial charge in [0.2, 0.25) is 0 Å². The Morgan fingerprint density at radius 2 is 2.25 bits per heavy atom. The zero-order valence-electron chi connectivity index (χ0n) is 10.5. The van der Waals surface area contributed by atoms with Gasteiger partial charge in [-0.2, -0.15) is 0 Å². The maximum absolute atomic E-state index is 4.44. The van der Waals surface area contributed by atoms with Crippen molar-refractivity contribution in [3.63, 3.8) is 0 Å². The van der Waals surface area contributed by atoms with Crippen LogP contribution in [0.3, 0.4) is 0 Å². The van der Waals surface area contributed by atoms with Crippen molar-refractivity contribution in [3.05, 3.63) is 16.1 Å². The summed E-state index contributed by atoms with van der Waals surface area (Å²) in [4.78, 5) is 4.44. The van der Waals surface area contributed by atoms with E-state index in [-0.39, 0.29) is 0 Å². The zero-order valence-corrected chi connectivity index (χ0v) is 11.4. The van der Waals surface area contributed by atoms with Gasteiger partial charge in [-0.05, 0) is 33.4 Å². The maximum atomic E-state index is 4.44. The maximum Gasteiger partial charge on any atom is 0.0940 e. The smallest absolute Gasteiger partial charge is 0.0940 e. The first-order chi connectivity index (χ1) is 7.72. The standard InChI is InChI=1S/C12H23N3S/c1-4-14-10(2)5-7-13-8-6-12-15-11(3)9-16-12/h9-10,13-14H,4-8H2,1-3H3. The average molecular weight is 241 g/mol. The molecule has 0 radical (unpaired) electrons. The highest BCUT2D eigenvalue weighted by molar-refractivity contribution is 7.09. The first kappa shape index (κ1) is 13.6. The molecule has 0 fully saturated rings. The van der Waals surface area contributed by atoms with E-state index in [0.29, 0.717) is 6.04 Å². The van der Waals surface area contributed by atoms with Crippen LogP contribution in [0, 0.1) is 6.92 Å². The lowest BCUT2D eigenvalue weighted by Crippen LogP contribution is -2.30. The van der Waals surface area contributed by atoms with E-state index in [1.807, 2.05) is 6.92 Å². The van der Waals surface area contributed by atoms with Gasteiger partial charge in [-0.15, -0.1) is 11.3 Å². The second-order valence-corrected chi connectivity index (χ2v) is 5.07. The van der Waals surface area contributed by atoms with Crippen LogP contribution in [0.4, 0.5) is 0 Å². The van der Waals surface area contributed by atoms with Crippen LogP contribution in [0.15, 0.2) is 5.38 Å². The fourth-order valence-corrected chi connectivity index (χ4v) is 2.38. The van der Waals surface area contributed by atoms with Crippen molar-refractivity contribution in [2.45, 2.75) is 39.7 Å². The summed E-state index contributed by atoms with van der Waals surface area (Å²) in [7, 11) is 0. The molecule has 16 heavy (non-hydrogen) atoms. The fraction of sp³-hybridized carbons (Fsp3) is 0.750. The molecule has 0 saturated carbocycles. The third kappa shape index (κ3) is 5.58. The molecular formula is C12H23N3S. The second-order valence-electron chi connectivity index (χ2n) is 4.13. The van der Waals surface area contributed by atoms with E-state index in [1.165, 1.54) is 11.4 Å². The number of aromatic nitrogens is 1. The van der Waals surface area contributed by atoms with E-state index in [0.717, 1.165) is 31.7 Å². The second kappa shape index (κ2) is 7.76. The summed E-state index contributed by atoms with van der Waals surface area (Å²) in [6.45, 7) is 9.60. The van der Waals surface area contributed by atoms with Gasteiger partial charge in [-0.25, -0.2) is 4.98 Å². The molecule has 1 atom stereocenters. The summed E-state index contributed by atoms with van der Waals surface area (Å²) >= 11 is 1.76. The Kier molecular flexibility index (Phi) is 6.61. The topological polar surface area (TPSA) is 37.0 Å². The van der Waals surface area contributed by atoms with Gasteiger partial charge in [-0.3, -0.25) is 0 Å². The van der Waals surface area contributed by atoms with E-state index >= 15 is 0 Å². The average Bonchev–Trinajstić information content (AvgIpc) is 2.64. The Bertz CT molecular complexity index is 286. The number of nitrogens with zero attached hydrogens (tertiary/aromatic N) is 1. The summed E-state index contributed by atoms with van der Waals surface area (Å²) in [5.41, 5.74) is 1.14. The van der Waals surface area contributed by atoms with E-state index < -0.39 is 0 Å². The zero-order chi connectivity index (χ0) is 11.8. The minimum Gasteiger partial charge on any atom is -0.316 e. The monoisotopic (exact) mass is 241 g/mol. The van der Waals surface area contributed by atoms with E-state index in [9.17, 15) is 0 Å². The summed E-state index contributed by atoms with van der Waals surface area (Å²) < 4.78 is 0. The Hall–Kier alpha value is -0.450. The molecule has 3 nitrogen and oxygen atoms in total. The minimum atomic E-state index is 0.611. The number of rotatable bonds is 8. The molecule has 0 aliphatic rings. The molecule has 4 heteroatoms. The Morgan fingerprint density at radius 1 is 1.44 bits per heavy atom. The van der Waals surface area contributed by atoms with Crippen molar-refractivity contribution in [3.8, 4) is 0 Å². The molecule has 1 aromatic rings. The third-order valence-electron chi connectivity index (χ3n) is 2.49. The third-order valence-corrected chi connectivity index (χ3v) is 3.52. The molecule has 92 valence electrons. The molecule has 1 rings (SSSR count). The summed E-state index contributed by atoms with van der Waals surface area (Å²) in [5, 5.41) is 10.2. The van der Waals surface area contributed by atoms with Crippen molar-refractivity contribution < 1.29 is 0 Å². The number of hydrogen-bond donors (Lipinski definition) is 2. The Balaban J connectivity index is 2.00. The van der Waals surface area contributed by atoms with Gasteiger partial charge in [0, 0.05) is 30.1 Å². The van der Waals surface area contributed by atoms with Crippen molar-refractivity contribution in [2.75, 3.05) is 19.6 Å². The lowest BCUT2D eigenvalue weighted by Gasteiger charge is -2.12. The van der Waals surface area contributed by atoms with Gasteiger partial charge in [-0.1, -0.05) is 6.92 Å². The summed E-state index contributed by atoms with van der Waals surface area (Å²) in [5.74, 6) is 0. The van der Waals surface area contributed by atoms with Gasteiger partial charge in [0.25, 0.3) is 0 Å². The molecule has 0 amide bonds. The van der Waals surface area contributed by atoms with Crippen LogP contribution in [0.2, 0.25) is 0 Å². The highest BCUT2D eigenvalue weighted by Crippen LogP contribution is 2.08. The van der Waals surface area contributed by atoms with Crippen LogP contribution in [0.1, 0.15) is 31.0 Å². The van der Waals surface area contributed by atoms with Crippen LogP contribution in [-0.4, -0.2) is 30.7 Å². The number of aryl methyl sites for hydroxylation is 1. The summed E-state index contributed by atoms with van der Waals surface area (Å²) in [6, 6.07) is 0.611. The molecule has 0 aliphatic heterocycles. The van der Waals surface area contributed by atoms with E-state index in [1.54, 1.807) is 11.3 Å². The molecule has 0 spiro atoms. The molecule has 0 aliphatic carbocycles.